The first-order valence-electron chi connectivity index (χ1n) is 12.3. The monoisotopic (exact) mass is 488 g/mol. The van der Waals surface area contributed by atoms with E-state index in [9.17, 15) is 29.4 Å². The third-order valence-electron chi connectivity index (χ3n) is 6.53. The summed E-state index contributed by atoms with van der Waals surface area (Å²) in [6, 6.07) is 3.33. The molecule has 192 valence electrons. The number of aliphatic carboxylic acids is 1. The summed E-state index contributed by atoms with van der Waals surface area (Å²) in [6.45, 7) is 4.85. The van der Waals surface area contributed by atoms with Crippen LogP contribution in [0.5, 0.6) is 5.75 Å². The first-order chi connectivity index (χ1) is 16.7. The summed E-state index contributed by atoms with van der Waals surface area (Å²) in [4.78, 5) is 52.5. The smallest absolute Gasteiger partial charge is 0.326 e. The molecule has 4 atom stereocenters. The van der Waals surface area contributed by atoms with Gasteiger partial charge in [0.1, 0.15) is 23.9 Å². The van der Waals surface area contributed by atoms with Crippen molar-refractivity contribution < 1.29 is 29.4 Å². The lowest BCUT2D eigenvalue weighted by atomic mass is 10.0. The molecule has 35 heavy (non-hydrogen) atoms. The molecule has 10 heteroatoms. The highest BCUT2D eigenvalue weighted by Gasteiger charge is 2.39. The fourth-order valence-electron chi connectivity index (χ4n) is 4.71. The largest absolute Gasteiger partial charge is 0.508 e. The molecular weight excluding hydrogens is 452 g/mol. The average molecular weight is 489 g/mol. The highest BCUT2D eigenvalue weighted by atomic mass is 16.4. The Balaban J connectivity index is 1.75. The molecule has 2 fully saturated rings. The van der Waals surface area contributed by atoms with Crippen LogP contribution in [-0.4, -0.2) is 76.1 Å². The minimum absolute atomic E-state index is 0.0758. The van der Waals surface area contributed by atoms with Gasteiger partial charge in [0.25, 0.3) is 0 Å². The second-order valence-electron chi connectivity index (χ2n) is 9.80. The standard InChI is InChI=1S/C25H36N4O6/c1-15(2)13-20(25(34)35)28-23(32)21-6-4-12-29(21)24(33)19(14-16-7-9-17(30)10-8-16)27-22(31)18-5-3-11-26-18/h7-10,15,18-21,26,30H,3-6,11-14H2,1-2H3,(H,27,31)(H,28,32)(H,34,35). The van der Waals surface area contributed by atoms with Gasteiger partial charge >= 0.3 is 5.97 Å². The summed E-state index contributed by atoms with van der Waals surface area (Å²) in [5.41, 5.74) is 0.754. The maximum atomic E-state index is 13.6. The van der Waals surface area contributed by atoms with E-state index >= 15 is 0 Å². The van der Waals surface area contributed by atoms with Crippen molar-refractivity contribution in [2.75, 3.05) is 13.1 Å². The molecule has 0 aromatic heterocycles. The first kappa shape index (κ1) is 26.5. The van der Waals surface area contributed by atoms with Crippen LogP contribution in [0.25, 0.3) is 0 Å². The summed E-state index contributed by atoms with van der Waals surface area (Å²) in [5, 5.41) is 27.7. The molecular formula is C25H36N4O6. The predicted molar refractivity (Wildman–Crippen MR) is 129 cm³/mol. The molecule has 1 aromatic rings. The maximum Gasteiger partial charge on any atom is 0.326 e. The molecule has 0 aliphatic carbocycles. The molecule has 0 spiro atoms. The number of hydrogen-bond donors (Lipinski definition) is 5. The molecule has 1 aromatic carbocycles. The number of aromatic hydroxyl groups is 1. The summed E-state index contributed by atoms with van der Waals surface area (Å²) in [7, 11) is 0. The van der Waals surface area contributed by atoms with Crippen LogP contribution >= 0.6 is 0 Å². The Labute approximate surface area is 205 Å². The second kappa shape index (κ2) is 12.0. The van der Waals surface area contributed by atoms with Crippen LogP contribution in [0.4, 0.5) is 0 Å². The van der Waals surface area contributed by atoms with Gasteiger partial charge in [-0.25, -0.2) is 4.79 Å². The zero-order valence-electron chi connectivity index (χ0n) is 20.3. The zero-order valence-corrected chi connectivity index (χ0v) is 20.3. The van der Waals surface area contributed by atoms with Gasteiger partial charge < -0.3 is 31.1 Å². The highest BCUT2D eigenvalue weighted by Crippen LogP contribution is 2.21. The third kappa shape index (κ3) is 7.17. The van der Waals surface area contributed by atoms with Crippen molar-refractivity contribution in [2.24, 2.45) is 5.92 Å². The number of nitrogens with zero attached hydrogens (tertiary/aromatic N) is 1. The number of carbonyl (C=O) groups is 4. The van der Waals surface area contributed by atoms with Gasteiger partial charge in [-0.15, -0.1) is 0 Å². The van der Waals surface area contributed by atoms with Crippen LogP contribution in [0.3, 0.4) is 0 Å². The van der Waals surface area contributed by atoms with Crippen molar-refractivity contribution in [3.05, 3.63) is 29.8 Å². The fourth-order valence-corrected chi connectivity index (χ4v) is 4.71. The summed E-state index contributed by atoms with van der Waals surface area (Å²) >= 11 is 0. The van der Waals surface area contributed by atoms with Crippen LogP contribution in [0.15, 0.2) is 24.3 Å². The SMILES string of the molecule is CC(C)CC(NC(=O)C1CCCN1C(=O)C(Cc1ccc(O)cc1)NC(=O)C1CCCN1)C(=O)O. The lowest BCUT2D eigenvalue weighted by Crippen LogP contribution is -2.57. The van der Waals surface area contributed by atoms with E-state index in [0.29, 0.717) is 25.8 Å². The van der Waals surface area contributed by atoms with E-state index in [2.05, 4.69) is 16.0 Å². The molecule has 3 amide bonds. The van der Waals surface area contributed by atoms with Crippen molar-refractivity contribution in [1.29, 1.82) is 0 Å². The molecule has 0 radical (unpaired) electrons. The Bertz CT molecular complexity index is 913. The number of carbonyl (C=O) groups excluding carboxylic acids is 3. The molecule has 2 aliphatic heterocycles. The third-order valence-corrected chi connectivity index (χ3v) is 6.53. The number of rotatable bonds is 10. The topological polar surface area (TPSA) is 148 Å². The van der Waals surface area contributed by atoms with Crippen molar-refractivity contribution in [2.45, 2.75) is 76.5 Å². The number of carboxylic acid groups (broad SMARTS) is 1. The summed E-state index contributed by atoms with van der Waals surface area (Å²) in [5.74, 6) is -2.06. The molecule has 10 nitrogen and oxygen atoms in total. The van der Waals surface area contributed by atoms with Crippen molar-refractivity contribution in [3.8, 4) is 5.75 Å². The number of phenols is 1. The van der Waals surface area contributed by atoms with Gasteiger partial charge in [0.15, 0.2) is 0 Å². The fraction of sp³-hybridized carbons (Fsp3) is 0.600. The van der Waals surface area contributed by atoms with Crippen LogP contribution in [0, 0.1) is 5.92 Å². The second-order valence-corrected chi connectivity index (χ2v) is 9.80. The van der Waals surface area contributed by atoms with E-state index in [1.807, 2.05) is 13.8 Å². The number of carboxylic acids is 1. The average Bonchev–Trinajstić information content (AvgIpc) is 3.51. The van der Waals surface area contributed by atoms with Gasteiger partial charge in [-0.05, 0) is 62.3 Å². The van der Waals surface area contributed by atoms with E-state index in [-0.39, 0.29) is 42.4 Å². The molecule has 3 rings (SSSR count). The molecule has 2 heterocycles. The number of likely N-dealkylation sites (tertiary alicyclic amines) is 1. The normalized spacial score (nSPS) is 21.5. The Morgan fingerprint density at radius 1 is 1.03 bits per heavy atom. The Kier molecular flexibility index (Phi) is 9.08. The van der Waals surface area contributed by atoms with E-state index in [1.54, 1.807) is 12.1 Å². The molecule has 2 aliphatic rings. The number of nitrogens with one attached hydrogen (secondary N) is 3. The first-order valence-corrected chi connectivity index (χ1v) is 12.3. The van der Waals surface area contributed by atoms with Gasteiger partial charge in [-0.1, -0.05) is 26.0 Å². The quantitative estimate of drug-likeness (QED) is 0.327. The van der Waals surface area contributed by atoms with Crippen molar-refractivity contribution in [3.63, 3.8) is 0 Å². The van der Waals surface area contributed by atoms with Crippen LogP contribution in [-0.2, 0) is 25.6 Å². The number of amides is 3. The van der Waals surface area contributed by atoms with Gasteiger partial charge in [0.2, 0.25) is 17.7 Å². The minimum atomic E-state index is -1.11. The molecule has 0 saturated carbocycles. The minimum Gasteiger partial charge on any atom is -0.508 e. The number of phenolic OH excluding ortho intramolecular Hbond substituents is 1. The van der Waals surface area contributed by atoms with Gasteiger partial charge in [0, 0.05) is 13.0 Å². The van der Waals surface area contributed by atoms with Gasteiger partial charge in [0.05, 0.1) is 6.04 Å². The Morgan fingerprint density at radius 3 is 2.31 bits per heavy atom. The van der Waals surface area contributed by atoms with Gasteiger partial charge in [-0.3, -0.25) is 14.4 Å². The van der Waals surface area contributed by atoms with Crippen molar-refractivity contribution >= 4 is 23.7 Å². The van der Waals surface area contributed by atoms with Crippen molar-refractivity contribution in [1.82, 2.24) is 20.9 Å². The highest BCUT2D eigenvalue weighted by molar-refractivity contribution is 5.94. The van der Waals surface area contributed by atoms with E-state index in [0.717, 1.165) is 18.5 Å². The Hall–Kier alpha value is -3.14. The van der Waals surface area contributed by atoms with E-state index < -0.39 is 30.0 Å². The van der Waals surface area contributed by atoms with Crippen LogP contribution < -0.4 is 16.0 Å². The summed E-state index contributed by atoms with van der Waals surface area (Å²) in [6.07, 6.45) is 3.09. The summed E-state index contributed by atoms with van der Waals surface area (Å²) < 4.78 is 0. The number of hydrogen-bond acceptors (Lipinski definition) is 6. The Morgan fingerprint density at radius 2 is 1.71 bits per heavy atom. The zero-order chi connectivity index (χ0) is 25.5. The lowest BCUT2D eigenvalue weighted by molar-refractivity contribution is -0.145. The van der Waals surface area contributed by atoms with E-state index in [1.165, 1.54) is 17.0 Å². The maximum absolute atomic E-state index is 13.6. The van der Waals surface area contributed by atoms with Gasteiger partial charge in [-0.2, -0.15) is 0 Å². The molecule has 0 bridgehead atoms. The lowest BCUT2D eigenvalue weighted by Gasteiger charge is -2.30. The molecule has 2 saturated heterocycles. The molecule has 5 N–H and O–H groups in total. The number of benzene rings is 1. The van der Waals surface area contributed by atoms with Crippen LogP contribution in [0.1, 0.15) is 51.5 Å². The molecule has 4 unspecified atom stereocenters. The predicted octanol–water partition coefficient (Wildman–Crippen LogP) is 0.778. The van der Waals surface area contributed by atoms with E-state index in [4.69, 9.17) is 0 Å². The van der Waals surface area contributed by atoms with Crippen LogP contribution in [0.2, 0.25) is 0 Å².